The summed E-state index contributed by atoms with van der Waals surface area (Å²) in [6, 6.07) is 3.33. The van der Waals surface area contributed by atoms with Crippen LogP contribution in [0.4, 0.5) is 0 Å². The Balaban J connectivity index is 1.95. The molecule has 0 radical (unpaired) electrons. The maximum Gasteiger partial charge on any atom is 0.262 e. The Morgan fingerprint density at radius 2 is 2.19 bits per heavy atom. The van der Waals surface area contributed by atoms with Crippen molar-refractivity contribution in [2.75, 3.05) is 20.3 Å². The van der Waals surface area contributed by atoms with E-state index in [2.05, 4.69) is 10.6 Å². The van der Waals surface area contributed by atoms with Crippen molar-refractivity contribution in [3.63, 3.8) is 0 Å². The molecular weight excluding hydrogens is 292 g/mol. The lowest BCUT2D eigenvalue weighted by Crippen LogP contribution is -2.58. The first-order chi connectivity index (χ1) is 9.94. The number of thiophene rings is 1. The van der Waals surface area contributed by atoms with Gasteiger partial charge in [0, 0.05) is 7.11 Å². The molecule has 2 N–H and O–H groups in total. The summed E-state index contributed by atoms with van der Waals surface area (Å²) >= 11 is 1.34. The summed E-state index contributed by atoms with van der Waals surface area (Å²) in [5.74, 6) is -0.513. The number of nitrogens with one attached hydrogen (secondary N) is 2. The highest BCUT2D eigenvalue weighted by molar-refractivity contribution is 7.12. The third kappa shape index (κ3) is 3.81. The highest BCUT2D eigenvalue weighted by Gasteiger charge is 2.35. The molecule has 1 aromatic rings. The van der Waals surface area contributed by atoms with Gasteiger partial charge in [0.05, 0.1) is 24.1 Å². The Morgan fingerprint density at radius 3 is 2.81 bits per heavy atom. The molecule has 0 spiro atoms. The third-order valence-electron chi connectivity index (χ3n) is 3.39. The van der Waals surface area contributed by atoms with E-state index in [1.807, 2.05) is 5.38 Å². The zero-order chi connectivity index (χ0) is 15.5. The van der Waals surface area contributed by atoms with Crippen molar-refractivity contribution in [1.29, 1.82) is 0 Å². The van der Waals surface area contributed by atoms with Gasteiger partial charge >= 0.3 is 0 Å². The number of hydrogen-bond acceptors (Lipinski definition) is 5. The summed E-state index contributed by atoms with van der Waals surface area (Å²) in [6.07, 6.45) is -0.155. The molecule has 0 bridgehead atoms. The first kappa shape index (κ1) is 15.9. The zero-order valence-electron chi connectivity index (χ0n) is 12.3. The van der Waals surface area contributed by atoms with Gasteiger partial charge in [-0.3, -0.25) is 9.59 Å². The fraction of sp³-hybridized carbons (Fsp3) is 0.571. The lowest BCUT2D eigenvalue weighted by molar-refractivity contribution is -0.127. The molecule has 1 saturated heterocycles. The molecule has 2 heterocycles. The van der Waals surface area contributed by atoms with Crippen LogP contribution in [0.1, 0.15) is 23.5 Å². The normalized spacial score (nSPS) is 22.0. The molecule has 1 aliphatic heterocycles. The van der Waals surface area contributed by atoms with Crippen LogP contribution in [0.15, 0.2) is 17.5 Å². The van der Waals surface area contributed by atoms with Gasteiger partial charge in [-0.05, 0) is 25.3 Å². The Bertz CT molecular complexity index is 501. The lowest BCUT2D eigenvalue weighted by atomic mass is 10.0. The molecular formula is C14H20N2O4S. The van der Waals surface area contributed by atoms with Crippen molar-refractivity contribution in [3.8, 4) is 0 Å². The maximum absolute atomic E-state index is 12.4. The summed E-state index contributed by atoms with van der Waals surface area (Å²) in [6.45, 7) is 4.22. The number of rotatable bonds is 5. The average molecular weight is 312 g/mol. The number of methoxy groups -OCH3 is 1. The van der Waals surface area contributed by atoms with Gasteiger partial charge in [-0.2, -0.15) is 0 Å². The molecule has 0 saturated carbocycles. The first-order valence-corrected chi connectivity index (χ1v) is 7.59. The third-order valence-corrected chi connectivity index (χ3v) is 4.25. The smallest absolute Gasteiger partial charge is 0.262 e. The van der Waals surface area contributed by atoms with Crippen molar-refractivity contribution in [3.05, 3.63) is 22.4 Å². The quantitative estimate of drug-likeness (QED) is 0.842. The lowest BCUT2D eigenvalue weighted by Gasteiger charge is -2.28. The van der Waals surface area contributed by atoms with E-state index in [4.69, 9.17) is 9.47 Å². The summed E-state index contributed by atoms with van der Waals surface area (Å²) in [5.41, 5.74) is -1.01. The Labute approximate surface area is 127 Å². The standard InChI is InChI=1S/C14H20N2O4S/c1-14(2,16-12(17)11-5-4-6-21-11)13(18)15-9-7-20-8-10(9)19-3/h4-6,9-10H,7-8H2,1-3H3,(H,15,18)(H,16,17)/t9-,10-/m0/s1. The van der Waals surface area contributed by atoms with Crippen molar-refractivity contribution >= 4 is 23.2 Å². The van der Waals surface area contributed by atoms with Gasteiger partial charge < -0.3 is 20.1 Å². The number of amides is 2. The van der Waals surface area contributed by atoms with Crippen molar-refractivity contribution < 1.29 is 19.1 Å². The van der Waals surface area contributed by atoms with Crippen LogP contribution in [0, 0.1) is 0 Å². The van der Waals surface area contributed by atoms with Gasteiger partial charge in [0.1, 0.15) is 11.6 Å². The van der Waals surface area contributed by atoms with Crippen molar-refractivity contribution in [2.45, 2.75) is 31.5 Å². The molecule has 2 atom stereocenters. The largest absolute Gasteiger partial charge is 0.377 e. The summed E-state index contributed by atoms with van der Waals surface area (Å²) in [5, 5.41) is 7.43. The number of hydrogen-bond donors (Lipinski definition) is 2. The molecule has 21 heavy (non-hydrogen) atoms. The van der Waals surface area contributed by atoms with E-state index in [-0.39, 0.29) is 24.0 Å². The van der Waals surface area contributed by atoms with Crippen LogP contribution in [0.3, 0.4) is 0 Å². The van der Waals surface area contributed by atoms with E-state index in [9.17, 15) is 9.59 Å². The van der Waals surface area contributed by atoms with Gasteiger partial charge in [0.15, 0.2) is 0 Å². The molecule has 1 aromatic heterocycles. The number of carbonyl (C=O) groups excluding carboxylic acids is 2. The van der Waals surface area contributed by atoms with Gasteiger partial charge in [0.25, 0.3) is 5.91 Å². The van der Waals surface area contributed by atoms with E-state index in [1.165, 1.54) is 11.3 Å². The van der Waals surface area contributed by atoms with E-state index >= 15 is 0 Å². The predicted octanol–water partition coefficient (Wildman–Crippen LogP) is 0.787. The number of ether oxygens (including phenoxy) is 2. The van der Waals surface area contributed by atoms with E-state index in [1.54, 1.807) is 33.1 Å². The molecule has 7 heteroatoms. The van der Waals surface area contributed by atoms with Crippen molar-refractivity contribution in [1.82, 2.24) is 10.6 Å². The fourth-order valence-electron chi connectivity index (χ4n) is 2.06. The molecule has 6 nitrogen and oxygen atoms in total. The summed E-state index contributed by atoms with van der Waals surface area (Å²) in [7, 11) is 1.59. The monoisotopic (exact) mass is 312 g/mol. The molecule has 0 aromatic carbocycles. The minimum atomic E-state index is -1.01. The second kappa shape index (κ2) is 6.55. The molecule has 0 aliphatic carbocycles. The fourth-order valence-corrected chi connectivity index (χ4v) is 2.68. The van der Waals surface area contributed by atoms with Crippen LogP contribution in [0.2, 0.25) is 0 Å². The van der Waals surface area contributed by atoms with Crippen LogP contribution < -0.4 is 10.6 Å². The highest BCUT2D eigenvalue weighted by Crippen LogP contribution is 2.13. The van der Waals surface area contributed by atoms with Crippen LogP contribution in [0.5, 0.6) is 0 Å². The maximum atomic E-state index is 12.4. The van der Waals surface area contributed by atoms with Gasteiger partial charge in [-0.15, -0.1) is 11.3 Å². The average Bonchev–Trinajstić information content (AvgIpc) is 3.09. The van der Waals surface area contributed by atoms with Crippen LogP contribution in [-0.2, 0) is 14.3 Å². The Hall–Kier alpha value is -1.44. The minimum absolute atomic E-state index is 0.155. The molecule has 0 unspecified atom stereocenters. The summed E-state index contributed by atoms with van der Waals surface area (Å²) in [4.78, 5) is 25.0. The van der Waals surface area contributed by atoms with Crippen molar-refractivity contribution in [2.24, 2.45) is 0 Å². The van der Waals surface area contributed by atoms with Crippen LogP contribution in [-0.4, -0.2) is 49.8 Å². The van der Waals surface area contributed by atoms with Crippen LogP contribution >= 0.6 is 11.3 Å². The SMILES string of the molecule is CO[C@H]1COC[C@@H]1NC(=O)C(C)(C)NC(=O)c1cccs1. The molecule has 1 aliphatic rings. The minimum Gasteiger partial charge on any atom is -0.377 e. The van der Waals surface area contributed by atoms with Gasteiger partial charge in [-0.25, -0.2) is 0 Å². The second-order valence-electron chi connectivity index (χ2n) is 5.45. The van der Waals surface area contributed by atoms with Crippen LogP contribution in [0.25, 0.3) is 0 Å². The van der Waals surface area contributed by atoms with E-state index in [0.29, 0.717) is 18.1 Å². The summed E-state index contributed by atoms with van der Waals surface area (Å²) < 4.78 is 10.5. The molecule has 1 fully saturated rings. The first-order valence-electron chi connectivity index (χ1n) is 6.71. The van der Waals surface area contributed by atoms with Gasteiger partial charge in [0.2, 0.25) is 5.91 Å². The van der Waals surface area contributed by atoms with E-state index in [0.717, 1.165) is 0 Å². The molecule has 2 amide bonds. The molecule has 116 valence electrons. The zero-order valence-corrected chi connectivity index (χ0v) is 13.2. The topological polar surface area (TPSA) is 76.7 Å². The predicted molar refractivity (Wildman–Crippen MR) is 79.4 cm³/mol. The molecule has 2 rings (SSSR count). The highest BCUT2D eigenvalue weighted by atomic mass is 32.1. The Kier molecular flexibility index (Phi) is 4.97. The number of carbonyl (C=O) groups is 2. The van der Waals surface area contributed by atoms with E-state index < -0.39 is 5.54 Å². The Morgan fingerprint density at radius 1 is 1.43 bits per heavy atom. The second-order valence-corrected chi connectivity index (χ2v) is 6.40. The van der Waals surface area contributed by atoms with Gasteiger partial charge in [-0.1, -0.05) is 6.07 Å².